The Labute approximate surface area is 255 Å². The smallest absolute Gasteiger partial charge is 0.305 e. The topological polar surface area (TPSA) is 85.4 Å². The Morgan fingerprint density at radius 3 is 2.54 bits per heavy atom. The first-order chi connectivity index (χ1) is 19.7. The number of carbonyl (C=O) groups excluding carboxylic acids is 1. The molecule has 1 N–H and O–H groups in total. The third-order valence-electron chi connectivity index (χ3n) is 6.30. The number of fused-ring (bicyclic) bond motifs is 1. The minimum Gasteiger partial charge on any atom is -0.469 e. The van der Waals surface area contributed by atoms with Crippen LogP contribution in [0.3, 0.4) is 0 Å². The second-order valence-corrected chi connectivity index (χ2v) is 13.2. The Morgan fingerprint density at radius 1 is 1.00 bits per heavy atom. The number of methoxy groups -OCH3 is 1. The van der Waals surface area contributed by atoms with E-state index in [1.54, 1.807) is 23.9 Å². The molecule has 0 amide bonds. The lowest BCUT2D eigenvalue weighted by atomic mass is 10.1. The van der Waals surface area contributed by atoms with Crippen LogP contribution in [0.25, 0.3) is 23.1 Å². The molecule has 0 spiro atoms. The van der Waals surface area contributed by atoms with Crippen LogP contribution in [-0.4, -0.2) is 38.8 Å². The van der Waals surface area contributed by atoms with Crippen molar-refractivity contribution in [1.82, 2.24) is 9.71 Å². The number of esters is 1. The molecule has 0 radical (unpaired) electrons. The molecule has 3 aromatic carbocycles. The number of carbonyl (C=O) groups is 1. The van der Waals surface area contributed by atoms with Crippen LogP contribution in [0.15, 0.2) is 83.8 Å². The number of sulfonamides is 1. The van der Waals surface area contributed by atoms with Crippen molar-refractivity contribution in [2.45, 2.75) is 29.4 Å². The van der Waals surface area contributed by atoms with Crippen LogP contribution in [0.4, 0.5) is 0 Å². The molecule has 0 bridgehead atoms. The molecule has 1 aromatic heterocycles. The first-order valence-electron chi connectivity index (χ1n) is 13.0. The molecule has 6 nitrogen and oxygen atoms in total. The zero-order chi connectivity index (χ0) is 29.2. The summed E-state index contributed by atoms with van der Waals surface area (Å²) in [7, 11) is -2.28. The highest BCUT2D eigenvalue weighted by atomic mass is 35.5. The van der Waals surface area contributed by atoms with E-state index >= 15 is 0 Å². The van der Waals surface area contributed by atoms with Gasteiger partial charge in [0.2, 0.25) is 10.0 Å². The molecule has 0 saturated carbocycles. The maximum absolute atomic E-state index is 12.8. The summed E-state index contributed by atoms with van der Waals surface area (Å²) in [5.74, 6) is 0.488. The first-order valence-corrected chi connectivity index (χ1v) is 16.3. The highest BCUT2D eigenvalue weighted by molar-refractivity contribution is 7.99. The van der Waals surface area contributed by atoms with Crippen LogP contribution >= 0.6 is 35.0 Å². The zero-order valence-electron chi connectivity index (χ0n) is 22.4. The SMILES string of the molecule is COC(=O)CCCSC(CCNS(=O)(=O)c1ccc(Cl)cc1)c1cccc(/C=C/c2ccc3ccc(Cl)cc3n2)c1. The van der Waals surface area contributed by atoms with Gasteiger partial charge in [-0.05, 0) is 78.3 Å². The van der Waals surface area contributed by atoms with Crippen molar-refractivity contribution in [2.24, 2.45) is 0 Å². The van der Waals surface area contributed by atoms with Gasteiger partial charge in [0, 0.05) is 33.6 Å². The summed E-state index contributed by atoms with van der Waals surface area (Å²) in [6.07, 6.45) is 5.53. The summed E-state index contributed by atoms with van der Waals surface area (Å²) in [6, 6.07) is 23.8. The van der Waals surface area contributed by atoms with Crippen LogP contribution < -0.4 is 4.72 Å². The summed E-state index contributed by atoms with van der Waals surface area (Å²) in [5.41, 5.74) is 3.71. The lowest BCUT2D eigenvalue weighted by molar-refractivity contribution is -0.140. The maximum atomic E-state index is 12.8. The Hall–Kier alpha value is -2.88. The van der Waals surface area contributed by atoms with Crippen molar-refractivity contribution >= 4 is 74.0 Å². The second kappa shape index (κ2) is 14.8. The van der Waals surface area contributed by atoms with Crippen LogP contribution in [-0.2, 0) is 19.6 Å². The van der Waals surface area contributed by atoms with Gasteiger partial charge in [0.05, 0.1) is 23.2 Å². The van der Waals surface area contributed by atoms with E-state index < -0.39 is 10.0 Å². The lowest BCUT2D eigenvalue weighted by Gasteiger charge is -2.18. The fraction of sp³-hybridized carbons (Fsp3) is 0.226. The number of nitrogens with zero attached hydrogens (tertiary/aromatic N) is 1. The predicted octanol–water partition coefficient (Wildman–Crippen LogP) is 7.81. The quantitative estimate of drug-likeness (QED) is 0.120. The molecule has 0 fully saturated rings. The Kier molecular flexibility index (Phi) is 11.2. The van der Waals surface area contributed by atoms with Gasteiger partial charge in [-0.15, -0.1) is 0 Å². The van der Waals surface area contributed by atoms with E-state index in [1.165, 1.54) is 19.2 Å². The van der Waals surface area contributed by atoms with Crippen molar-refractivity contribution in [2.75, 3.05) is 19.4 Å². The number of hydrogen-bond acceptors (Lipinski definition) is 6. The third kappa shape index (κ3) is 9.31. The largest absolute Gasteiger partial charge is 0.469 e. The van der Waals surface area contributed by atoms with E-state index in [0.29, 0.717) is 29.3 Å². The number of halogens is 2. The zero-order valence-corrected chi connectivity index (χ0v) is 25.6. The molecular weight excluding hydrogens is 599 g/mol. The van der Waals surface area contributed by atoms with Crippen molar-refractivity contribution < 1.29 is 17.9 Å². The molecule has 1 unspecified atom stereocenters. The minimum atomic E-state index is -3.67. The summed E-state index contributed by atoms with van der Waals surface area (Å²) in [6.45, 7) is 0.253. The normalized spacial score (nSPS) is 12.6. The number of thioether (sulfide) groups is 1. The van der Waals surface area contributed by atoms with Gasteiger partial charge in [-0.1, -0.05) is 65.7 Å². The Balaban J connectivity index is 1.47. The maximum Gasteiger partial charge on any atom is 0.305 e. The van der Waals surface area contributed by atoms with Crippen molar-refractivity contribution in [3.63, 3.8) is 0 Å². The summed E-state index contributed by atoms with van der Waals surface area (Å²) >= 11 is 13.7. The van der Waals surface area contributed by atoms with Gasteiger partial charge in [0.25, 0.3) is 0 Å². The highest BCUT2D eigenvalue weighted by Gasteiger charge is 2.17. The fourth-order valence-corrected chi connectivity index (χ4v) is 6.71. The van der Waals surface area contributed by atoms with Gasteiger partial charge >= 0.3 is 5.97 Å². The van der Waals surface area contributed by atoms with E-state index in [-0.39, 0.29) is 22.7 Å². The van der Waals surface area contributed by atoms with E-state index in [1.807, 2.05) is 60.7 Å². The molecule has 1 heterocycles. The molecular formula is C31H30Cl2N2O4S2. The van der Waals surface area contributed by atoms with Gasteiger partial charge in [-0.2, -0.15) is 11.8 Å². The molecule has 10 heteroatoms. The van der Waals surface area contributed by atoms with Gasteiger partial charge in [-0.3, -0.25) is 4.79 Å². The Morgan fingerprint density at radius 2 is 1.76 bits per heavy atom. The number of nitrogens with one attached hydrogen (secondary N) is 1. The van der Waals surface area contributed by atoms with Crippen LogP contribution in [0, 0.1) is 0 Å². The molecule has 0 aliphatic heterocycles. The monoisotopic (exact) mass is 628 g/mol. The van der Waals surface area contributed by atoms with Gasteiger partial charge < -0.3 is 4.74 Å². The standard InChI is InChI=1S/C31H30Cl2N2O4S2/c1-39-31(36)6-3-19-40-30(17-18-34-41(37,38)28-15-11-25(32)12-16-28)24-5-2-4-22(20-24)7-13-27-14-9-23-8-10-26(33)21-29(23)35-27/h2,4-5,7-16,20-21,30,34H,3,6,17-19H2,1H3/b13-7+. The van der Waals surface area contributed by atoms with Crippen molar-refractivity contribution in [1.29, 1.82) is 0 Å². The summed E-state index contributed by atoms with van der Waals surface area (Å²) < 4.78 is 33.0. The van der Waals surface area contributed by atoms with E-state index in [4.69, 9.17) is 27.9 Å². The average Bonchev–Trinajstić information content (AvgIpc) is 2.97. The molecule has 1 atom stereocenters. The first kappa shape index (κ1) is 31.1. The summed E-state index contributed by atoms with van der Waals surface area (Å²) in [5, 5.41) is 2.15. The summed E-state index contributed by atoms with van der Waals surface area (Å²) in [4.78, 5) is 16.4. The third-order valence-corrected chi connectivity index (χ3v) is 9.70. The van der Waals surface area contributed by atoms with E-state index in [0.717, 1.165) is 33.5 Å². The molecule has 4 aromatic rings. The predicted molar refractivity (Wildman–Crippen MR) is 170 cm³/mol. The molecule has 0 aliphatic carbocycles. The van der Waals surface area contributed by atoms with Crippen molar-refractivity contribution in [3.05, 3.63) is 106 Å². The molecule has 214 valence electrons. The second-order valence-electron chi connectivity index (χ2n) is 9.26. The van der Waals surface area contributed by atoms with Crippen LogP contribution in [0.1, 0.15) is 41.3 Å². The molecule has 4 rings (SSSR count). The average molecular weight is 630 g/mol. The minimum absolute atomic E-state index is 0.00912. The number of aromatic nitrogens is 1. The molecule has 0 aliphatic rings. The highest BCUT2D eigenvalue weighted by Crippen LogP contribution is 2.33. The molecule has 0 saturated heterocycles. The number of benzene rings is 3. The fourth-order valence-electron chi connectivity index (χ4n) is 4.16. The van der Waals surface area contributed by atoms with Gasteiger partial charge in [-0.25, -0.2) is 18.1 Å². The lowest BCUT2D eigenvalue weighted by Crippen LogP contribution is -2.25. The number of pyridine rings is 1. The Bertz CT molecular complexity index is 1630. The van der Waals surface area contributed by atoms with Crippen molar-refractivity contribution in [3.8, 4) is 0 Å². The number of rotatable bonds is 13. The van der Waals surface area contributed by atoms with Gasteiger partial charge in [0.15, 0.2) is 0 Å². The van der Waals surface area contributed by atoms with Gasteiger partial charge in [0.1, 0.15) is 0 Å². The van der Waals surface area contributed by atoms with E-state index in [9.17, 15) is 13.2 Å². The van der Waals surface area contributed by atoms with Crippen LogP contribution in [0.5, 0.6) is 0 Å². The van der Waals surface area contributed by atoms with E-state index in [2.05, 4.69) is 15.8 Å². The number of ether oxygens (including phenoxy) is 1. The number of hydrogen-bond donors (Lipinski definition) is 1. The van der Waals surface area contributed by atoms with Crippen LogP contribution in [0.2, 0.25) is 10.0 Å². The molecule has 41 heavy (non-hydrogen) atoms.